The molecule has 1 aromatic rings. The zero-order valence-electron chi connectivity index (χ0n) is 6.32. The highest BCUT2D eigenvalue weighted by atomic mass is 79.9. The molecule has 2 N–H and O–H groups in total. The molecule has 0 unspecified atom stereocenters. The van der Waals surface area contributed by atoms with Gasteiger partial charge in [0, 0.05) is 6.21 Å². The van der Waals surface area contributed by atoms with E-state index in [9.17, 15) is 5.11 Å². The highest BCUT2D eigenvalue weighted by Crippen LogP contribution is 2.19. The van der Waals surface area contributed by atoms with Crippen molar-refractivity contribution in [3.05, 3.63) is 10.9 Å². The van der Waals surface area contributed by atoms with Gasteiger partial charge in [-0.25, -0.2) is 4.98 Å². The van der Waals surface area contributed by atoms with Crippen LogP contribution in [0.25, 0.3) is 0 Å². The van der Waals surface area contributed by atoms with E-state index in [1.165, 1.54) is 6.20 Å². The molecule has 0 saturated carbocycles. The summed E-state index contributed by atoms with van der Waals surface area (Å²) < 4.78 is 0.397. The first-order chi connectivity index (χ1) is 5.74. The fourth-order valence-corrected chi connectivity index (χ4v) is 0.842. The zero-order valence-corrected chi connectivity index (χ0v) is 7.91. The largest absolute Gasteiger partial charge is 0.503 e. The van der Waals surface area contributed by atoms with Gasteiger partial charge in [0.25, 0.3) is 0 Å². The Kier molecular flexibility index (Phi) is 2.98. The molecule has 0 aromatic carbocycles. The molecule has 1 heterocycles. The zero-order chi connectivity index (χ0) is 8.97. The summed E-state index contributed by atoms with van der Waals surface area (Å²) in [6.07, 6.45) is 2.83. The summed E-state index contributed by atoms with van der Waals surface area (Å²) in [5, 5.41) is 12.9. The number of nitrogens with one attached hydrogen (secondary N) is 1. The molecule has 0 aliphatic carbocycles. The Balaban J connectivity index is 2.89. The van der Waals surface area contributed by atoms with Crippen molar-refractivity contribution in [2.75, 3.05) is 5.43 Å². The van der Waals surface area contributed by atoms with Gasteiger partial charge in [-0.1, -0.05) is 0 Å². The molecule has 0 bridgehead atoms. The SMILES string of the molecule is C/C=N\Nc1nc(Br)ncc1O. The van der Waals surface area contributed by atoms with Gasteiger partial charge in [0.2, 0.25) is 0 Å². The van der Waals surface area contributed by atoms with E-state index in [-0.39, 0.29) is 11.6 Å². The Morgan fingerprint density at radius 2 is 2.50 bits per heavy atom. The lowest BCUT2D eigenvalue weighted by atomic mass is 10.5. The average Bonchev–Trinajstić information content (AvgIpc) is 2.07. The van der Waals surface area contributed by atoms with E-state index in [1.54, 1.807) is 13.1 Å². The van der Waals surface area contributed by atoms with Crippen LogP contribution in [0.3, 0.4) is 0 Å². The van der Waals surface area contributed by atoms with Gasteiger partial charge >= 0.3 is 0 Å². The molecule has 0 radical (unpaired) electrons. The summed E-state index contributed by atoms with van der Waals surface area (Å²) >= 11 is 3.06. The van der Waals surface area contributed by atoms with Gasteiger partial charge in [0.1, 0.15) is 0 Å². The van der Waals surface area contributed by atoms with Crippen LogP contribution in [-0.4, -0.2) is 21.3 Å². The van der Waals surface area contributed by atoms with Crippen LogP contribution >= 0.6 is 15.9 Å². The normalized spacial score (nSPS) is 10.5. The van der Waals surface area contributed by atoms with Crippen LogP contribution in [0.1, 0.15) is 6.92 Å². The van der Waals surface area contributed by atoms with Gasteiger partial charge in [-0.05, 0) is 22.9 Å². The van der Waals surface area contributed by atoms with Crippen molar-refractivity contribution < 1.29 is 5.11 Å². The Labute approximate surface area is 77.7 Å². The van der Waals surface area contributed by atoms with E-state index in [0.717, 1.165) is 0 Å². The van der Waals surface area contributed by atoms with Crippen LogP contribution in [0.5, 0.6) is 5.75 Å². The van der Waals surface area contributed by atoms with Crippen LogP contribution in [0.4, 0.5) is 5.82 Å². The Bertz CT molecular complexity index is 302. The molecule has 1 rings (SSSR count). The van der Waals surface area contributed by atoms with Crippen molar-refractivity contribution in [1.82, 2.24) is 9.97 Å². The molecule has 0 fully saturated rings. The van der Waals surface area contributed by atoms with Gasteiger partial charge in [-0.2, -0.15) is 10.1 Å². The molecule has 0 atom stereocenters. The molecule has 0 spiro atoms. The second kappa shape index (κ2) is 4.01. The van der Waals surface area contributed by atoms with Crippen LogP contribution in [0.15, 0.2) is 16.0 Å². The molecule has 5 nitrogen and oxygen atoms in total. The molecular formula is C6H7BrN4O. The van der Waals surface area contributed by atoms with E-state index < -0.39 is 0 Å². The second-order valence-corrected chi connectivity index (χ2v) is 2.58. The number of rotatable bonds is 2. The third-order valence-electron chi connectivity index (χ3n) is 1.04. The van der Waals surface area contributed by atoms with Crippen LogP contribution in [0, 0.1) is 0 Å². The summed E-state index contributed by atoms with van der Waals surface area (Å²) in [6, 6.07) is 0. The fraction of sp³-hybridized carbons (Fsp3) is 0.167. The summed E-state index contributed by atoms with van der Waals surface area (Å²) in [5.74, 6) is 0.235. The quantitative estimate of drug-likeness (QED) is 0.458. The van der Waals surface area contributed by atoms with Gasteiger partial charge in [-0.3, -0.25) is 5.43 Å². The Morgan fingerprint density at radius 3 is 3.17 bits per heavy atom. The van der Waals surface area contributed by atoms with E-state index in [4.69, 9.17) is 0 Å². The lowest BCUT2D eigenvalue weighted by Crippen LogP contribution is -1.94. The van der Waals surface area contributed by atoms with Gasteiger partial charge in [0.15, 0.2) is 16.3 Å². The maximum Gasteiger partial charge on any atom is 0.198 e. The summed E-state index contributed by atoms with van der Waals surface area (Å²) in [7, 11) is 0. The van der Waals surface area contributed by atoms with Crippen LogP contribution in [0.2, 0.25) is 0 Å². The molecule has 0 amide bonds. The lowest BCUT2D eigenvalue weighted by molar-refractivity contribution is 0.471. The first-order valence-corrected chi connectivity index (χ1v) is 3.98. The second-order valence-electron chi connectivity index (χ2n) is 1.87. The molecule has 0 aliphatic heterocycles. The third-order valence-corrected chi connectivity index (χ3v) is 1.42. The topological polar surface area (TPSA) is 70.4 Å². The van der Waals surface area contributed by atoms with Gasteiger partial charge in [-0.15, -0.1) is 0 Å². The minimum absolute atomic E-state index is 0.0381. The summed E-state index contributed by atoms with van der Waals surface area (Å²) in [6.45, 7) is 1.75. The molecule has 12 heavy (non-hydrogen) atoms. The van der Waals surface area contributed by atoms with Crippen molar-refractivity contribution in [2.24, 2.45) is 5.10 Å². The van der Waals surface area contributed by atoms with Crippen molar-refractivity contribution >= 4 is 28.0 Å². The molecule has 1 aromatic heterocycles. The maximum atomic E-state index is 9.18. The number of hydrogen-bond donors (Lipinski definition) is 2. The van der Waals surface area contributed by atoms with Crippen molar-refractivity contribution in [3.8, 4) is 5.75 Å². The molecule has 0 aliphatic rings. The van der Waals surface area contributed by atoms with Crippen molar-refractivity contribution in [3.63, 3.8) is 0 Å². The smallest absolute Gasteiger partial charge is 0.198 e. The number of aromatic nitrogens is 2. The van der Waals surface area contributed by atoms with Crippen molar-refractivity contribution in [1.29, 1.82) is 0 Å². The first kappa shape index (κ1) is 8.92. The average molecular weight is 231 g/mol. The van der Waals surface area contributed by atoms with E-state index in [0.29, 0.717) is 4.73 Å². The monoisotopic (exact) mass is 230 g/mol. The van der Waals surface area contributed by atoms with E-state index in [1.807, 2.05) is 0 Å². The van der Waals surface area contributed by atoms with E-state index >= 15 is 0 Å². The van der Waals surface area contributed by atoms with Crippen LogP contribution in [-0.2, 0) is 0 Å². The number of nitrogens with zero attached hydrogens (tertiary/aromatic N) is 3. The minimum Gasteiger partial charge on any atom is -0.503 e. The summed E-state index contributed by atoms with van der Waals surface area (Å²) in [4.78, 5) is 7.55. The van der Waals surface area contributed by atoms with Crippen molar-refractivity contribution in [2.45, 2.75) is 6.92 Å². The highest BCUT2D eigenvalue weighted by molar-refractivity contribution is 9.10. The lowest BCUT2D eigenvalue weighted by Gasteiger charge is -2.00. The predicted molar refractivity (Wildman–Crippen MR) is 49.2 cm³/mol. The van der Waals surface area contributed by atoms with Crippen LogP contribution < -0.4 is 5.43 Å². The highest BCUT2D eigenvalue weighted by Gasteiger charge is 2.01. The first-order valence-electron chi connectivity index (χ1n) is 3.19. The third kappa shape index (κ3) is 2.16. The standard InChI is InChI=1S/C6H7BrN4O/c1-2-9-11-5-4(12)3-8-6(7)10-5/h2-3,12H,1H3,(H,8,10,11)/b9-2-. The Morgan fingerprint density at radius 1 is 1.75 bits per heavy atom. The fourth-order valence-electron chi connectivity index (χ4n) is 0.562. The number of anilines is 1. The molecule has 6 heteroatoms. The Hall–Kier alpha value is -1.17. The maximum absolute atomic E-state index is 9.18. The van der Waals surface area contributed by atoms with Gasteiger partial charge < -0.3 is 5.11 Å². The number of halogens is 1. The number of aromatic hydroxyl groups is 1. The predicted octanol–water partition coefficient (Wildman–Crippen LogP) is 1.36. The molecule has 0 saturated heterocycles. The molecule has 64 valence electrons. The number of hydrazone groups is 1. The minimum atomic E-state index is -0.0381. The number of hydrogen-bond acceptors (Lipinski definition) is 5. The molecular weight excluding hydrogens is 224 g/mol. The van der Waals surface area contributed by atoms with Gasteiger partial charge in [0.05, 0.1) is 6.20 Å². The van der Waals surface area contributed by atoms with E-state index in [2.05, 4.69) is 36.4 Å². The summed E-state index contributed by atoms with van der Waals surface area (Å²) in [5.41, 5.74) is 2.54.